The van der Waals surface area contributed by atoms with Gasteiger partial charge < -0.3 is 0 Å². The summed E-state index contributed by atoms with van der Waals surface area (Å²) >= 11 is 1.26. The van der Waals surface area contributed by atoms with Crippen molar-refractivity contribution in [2.75, 3.05) is 0 Å². The van der Waals surface area contributed by atoms with Crippen LogP contribution in [0.15, 0.2) is 176 Å². The normalized spacial score (nSPS) is 11.4. The molecule has 3 heterocycles. The van der Waals surface area contributed by atoms with Crippen molar-refractivity contribution >= 4 is 44.4 Å². The highest BCUT2D eigenvalue weighted by atomic mass is 32.1. The van der Waals surface area contributed by atoms with Crippen LogP contribution in [0, 0.1) is 0 Å². The van der Waals surface area contributed by atoms with Gasteiger partial charge in [-0.05, 0) is 34.9 Å². The summed E-state index contributed by atoms with van der Waals surface area (Å²) in [5.74, 6) is 0.708. The van der Waals surface area contributed by atoms with E-state index in [1.807, 2.05) is 48.5 Å². The topological polar surface area (TPSA) is 64.5 Å². The van der Waals surface area contributed by atoms with E-state index < -0.39 is 0 Å². The second-order valence-corrected chi connectivity index (χ2v) is 13.5. The average Bonchev–Trinajstić information content (AvgIpc) is 3.74. The first kappa shape index (κ1) is 30.9. The first-order valence-electron chi connectivity index (χ1n) is 17.5. The number of aromatic nitrogens is 5. The van der Waals surface area contributed by atoms with Gasteiger partial charge in [0, 0.05) is 44.0 Å². The summed E-state index contributed by atoms with van der Waals surface area (Å²) in [6.45, 7) is 0. The lowest BCUT2D eigenvalue weighted by molar-refractivity contribution is 1.18. The fourth-order valence-electron chi connectivity index (χ4n) is 7.14. The molecule has 0 fully saturated rings. The fraction of sp³-hybridized carbons (Fsp3) is 0. The maximum Gasteiger partial charge on any atom is 0.160 e. The molecule has 0 aliphatic heterocycles. The summed E-state index contributed by atoms with van der Waals surface area (Å²) in [6, 6.07) is 60.8. The fourth-order valence-corrected chi connectivity index (χ4v) is 7.71. The second-order valence-electron chi connectivity index (χ2n) is 13.0. The maximum atomic E-state index is 5.25. The minimum absolute atomic E-state index is 0.708. The number of fused-ring (bicyclic) bond motifs is 5. The Labute approximate surface area is 310 Å². The molecule has 0 atom stereocenters. The third-order valence-corrected chi connectivity index (χ3v) is 10.3. The number of hydrogen-bond donors (Lipinski definition) is 0. The van der Waals surface area contributed by atoms with E-state index in [0.29, 0.717) is 5.82 Å². The van der Waals surface area contributed by atoms with Crippen LogP contribution in [-0.2, 0) is 0 Å². The first-order valence-corrected chi connectivity index (χ1v) is 18.2. The molecule has 0 spiro atoms. The molecule has 0 aliphatic rings. The molecule has 10 aromatic rings. The average molecular weight is 696 g/mol. The van der Waals surface area contributed by atoms with Gasteiger partial charge in [-0.15, -0.1) is 0 Å². The smallest absolute Gasteiger partial charge is 0.160 e. The zero-order valence-corrected chi connectivity index (χ0v) is 29.2. The highest BCUT2D eigenvalue weighted by Crippen LogP contribution is 2.41. The molecule has 3 aromatic heterocycles. The van der Waals surface area contributed by atoms with Gasteiger partial charge in [-0.25, -0.2) is 15.0 Å². The van der Waals surface area contributed by atoms with Crippen molar-refractivity contribution in [1.82, 2.24) is 23.7 Å². The number of benzene rings is 7. The lowest BCUT2D eigenvalue weighted by Crippen LogP contribution is -1.95. The predicted molar refractivity (Wildman–Crippen MR) is 218 cm³/mol. The molecule has 0 radical (unpaired) electrons. The standard InChI is InChI=1S/C47H29N5S/c1-4-12-32(13-5-1)38-28-39-43(46-45(38)51-53-52-46)37-18-10-11-19-40(37)48-44(39)35-26-22-31(23-27-35)30-20-24-34(25-21-30)42-29-41(33-14-6-2-7-15-33)49-47(50-42)36-16-8-3-9-17-36/h1-29H. The summed E-state index contributed by atoms with van der Waals surface area (Å²) < 4.78 is 9.60. The molecule has 0 N–H and O–H groups in total. The van der Waals surface area contributed by atoms with Crippen LogP contribution in [0.4, 0.5) is 0 Å². The van der Waals surface area contributed by atoms with E-state index in [9.17, 15) is 0 Å². The summed E-state index contributed by atoms with van der Waals surface area (Å²) in [6.07, 6.45) is 0. The van der Waals surface area contributed by atoms with Gasteiger partial charge >= 0.3 is 0 Å². The van der Waals surface area contributed by atoms with E-state index in [-0.39, 0.29) is 0 Å². The Morgan fingerprint density at radius 2 is 0.868 bits per heavy atom. The lowest BCUT2D eigenvalue weighted by atomic mass is 9.93. The maximum absolute atomic E-state index is 5.25. The quantitative estimate of drug-likeness (QED) is 0.162. The van der Waals surface area contributed by atoms with E-state index in [1.165, 1.54) is 11.7 Å². The van der Waals surface area contributed by atoms with Crippen LogP contribution in [0.5, 0.6) is 0 Å². The Hall–Kier alpha value is -6.89. The van der Waals surface area contributed by atoms with Gasteiger partial charge in [-0.2, -0.15) is 8.75 Å². The van der Waals surface area contributed by atoms with Crippen LogP contribution < -0.4 is 0 Å². The third kappa shape index (κ3) is 5.62. The van der Waals surface area contributed by atoms with Gasteiger partial charge in [-0.1, -0.05) is 158 Å². The van der Waals surface area contributed by atoms with Crippen LogP contribution in [0.1, 0.15) is 0 Å². The molecular weight excluding hydrogens is 667 g/mol. The van der Waals surface area contributed by atoms with E-state index >= 15 is 0 Å². The summed E-state index contributed by atoms with van der Waals surface area (Å²) in [5, 5.41) is 3.23. The molecule has 6 heteroatoms. The SMILES string of the molecule is c1ccc(-c2cc(-c3ccc(-c4ccc(-c5nc6ccccc6c6c5cc(-c5ccccc5)c5nsnc56)cc4)cc3)nc(-c3ccccc3)n2)cc1. The lowest BCUT2D eigenvalue weighted by Gasteiger charge is -2.13. The molecule has 0 saturated carbocycles. The van der Waals surface area contributed by atoms with E-state index in [1.54, 1.807) is 0 Å². The highest BCUT2D eigenvalue weighted by Gasteiger charge is 2.19. The molecule has 0 unspecified atom stereocenters. The molecule has 10 rings (SSSR count). The monoisotopic (exact) mass is 695 g/mol. The number of para-hydroxylation sites is 1. The Balaban J connectivity index is 1.04. The van der Waals surface area contributed by atoms with Crippen molar-refractivity contribution in [2.24, 2.45) is 0 Å². The van der Waals surface area contributed by atoms with E-state index in [2.05, 4.69) is 127 Å². The Morgan fingerprint density at radius 3 is 1.53 bits per heavy atom. The molecule has 7 aromatic carbocycles. The van der Waals surface area contributed by atoms with Crippen molar-refractivity contribution < 1.29 is 0 Å². The van der Waals surface area contributed by atoms with Gasteiger partial charge in [0.25, 0.3) is 0 Å². The van der Waals surface area contributed by atoms with Gasteiger partial charge in [-0.3, -0.25) is 0 Å². The Morgan fingerprint density at radius 1 is 0.358 bits per heavy atom. The third-order valence-electron chi connectivity index (χ3n) is 9.78. The van der Waals surface area contributed by atoms with Gasteiger partial charge in [0.2, 0.25) is 0 Å². The van der Waals surface area contributed by atoms with Crippen molar-refractivity contribution in [3.8, 4) is 67.4 Å². The predicted octanol–water partition coefficient (Wildman–Crippen LogP) is 12.2. The zero-order chi connectivity index (χ0) is 35.1. The summed E-state index contributed by atoms with van der Waals surface area (Å²) in [5.41, 5.74) is 14.0. The van der Waals surface area contributed by atoms with Crippen LogP contribution in [-0.4, -0.2) is 23.7 Å². The number of hydrogen-bond acceptors (Lipinski definition) is 6. The van der Waals surface area contributed by atoms with Crippen molar-refractivity contribution in [1.29, 1.82) is 0 Å². The van der Waals surface area contributed by atoms with E-state index in [4.69, 9.17) is 23.7 Å². The molecule has 0 amide bonds. The number of nitrogens with zero attached hydrogens (tertiary/aromatic N) is 5. The first-order chi connectivity index (χ1) is 26.3. The Bertz CT molecular complexity index is 2850. The minimum Gasteiger partial charge on any atom is -0.247 e. The van der Waals surface area contributed by atoms with Crippen LogP contribution >= 0.6 is 11.7 Å². The van der Waals surface area contributed by atoms with Crippen molar-refractivity contribution in [2.45, 2.75) is 0 Å². The molecule has 5 nitrogen and oxygen atoms in total. The molecule has 0 aliphatic carbocycles. The molecule has 0 saturated heterocycles. The molecule has 53 heavy (non-hydrogen) atoms. The molecule has 248 valence electrons. The van der Waals surface area contributed by atoms with Gasteiger partial charge in [0.15, 0.2) is 5.82 Å². The highest BCUT2D eigenvalue weighted by molar-refractivity contribution is 7.00. The van der Waals surface area contributed by atoms with Gasteiger partial charge in [0.1, 0.15) is 11.0 Å². The largest absolute Gasteiger partial charge is 0.247 e. The van der Waals surface area contributed by atoms with Crippen molar-refractivity contribution in [3.63, 3.8) is 0 Å². The summed E-state index contributed by atoms with van der Waals surface area (Å²) in [4.78, 5) is 15.2. The zero-order valence-electron chi connectivity index (χ0n) is 28.4. The summed E-state index contributed by atoms with van der Waals surface area (Å²) in [7, 11) is 0. The molecular formula is C47H29N5S. The van der Waals surface area contributed by atoms with Crippen LogP contribution in [0.3, 0.4) is 0 Å². The second kappa shape index (κ2) is 13.0. The number of pyridine rings is 1. The van der Waals surface area contributed by atoms with Crippen LogP contribution in [0.2, 0.25) is 0 Å². The molecule has 0 bridgehead atoms. The number of rotatable bonds is 6. The van der Waals surface area contributed by atoms with E-state index in [0.717, 1.165) is 94.3 Å². The van der Waals surface area contributed by atoms with Crippen molar-refractivity contribution in [3.05, 3.63) is 176 Å². The van der Waals surface area contributed by atoms with Gasteiger partial charge in [0.05, 0.1) is 34.3 Å². The Kier molecular flexibility index (Phi) is 7.59. The van der Waals surface area contributed by atoms with Crippen LogP contribution in [0.25, 0.3) is 100 Å². The minimum atomic E-state index is 0.708.